The van der Waals surface area contributed by atoms with Crippen LogP contribution in [0.2, 0.25) is 5.02 Å². The van der Waals surface area contributed by atoms with Crippen molar-refractivity contribution >= 4 is 37.6 Å². The van der Waals surface area contributed by atoms with Crippen LogP contribution in [-0.2, 0) is 10.0 Å². The second-order valence-electron chi connectivity index (χ2n) is 3.73. The monoisotopic (exact) mass is 341 g/mol. The molecule has 0 unspecified atom stereocenters. The van der Waals surface area contributed by atoms with E-state index in [1.54, 1.807) is 13.0 Å². The van der Waals surface area contributed by atoms with E-state index in [0.717, 1.165) is 5.56 Å². The largest absolute Gasteiger partial charge is 0.392 e. The Morgan fingerprint density at radius 2 is 2.12 bits per heavy atom. The zero-order chi connectivity index (χ0) is 13.2. The van der Waals surface area contributed by atoms with Crippen molar-refractivity contribution in [2.75, 3.05) is 6.54 Å². The van der Waals surface area contributed by atoms with Gasteiger partial charge in [0, 0.05) is 16.0 Å². The third kappa shape index (κ3) is 3.93. The molecule has 0 amide bonds. The van der Waals surface area contributed by atoms with Crippen LogP contribution in [0.4, 0.5) is 0 Å². The van der Waals surface area contributed by atoms with Gasteiger partial charge in [-0.25, -0.2) is 13.1 Å². The van der Waals surface area contributed by atoms with Gasteiger partial charge >= 0.3 is 0 Å². The summed E-state index contributed by atoms with van der Waals surface area (Å²) >= 11 is 9.08. The first-order valence-corrected chi connectivity index (χ1v) is 7.53. The van der Waals surface area contributed by atoms with Crippen molar-refractivity contribution in [1.29, 1.82) is 0 Å². The van der Waals surface area contributed by atoms with Crippen LogP contribution >= 0.6 is 27.5 Å². The molecule has 1 aromatic carbocycles. The van der Waals surface area contributed by atoms with Crippen molar-refractivity contribution < 1.29 is 13.5 Å². The first-order chi connectivity index (χ1) is 7.74. The minimum atomic E-state index is -3.67. The predicted octanol–water partition coefficient (Wildman–Crippen LogP) is 2.07. The number of sulfonamides is 1. The van der Waals surface area contributed by atoms with E-state index < -0.39 is 16.1 Å². The lowest BCUT2D eigenvalue weighted by Gasteiger charge is -2.11. The Balaban J connectivity index is 3.11. The minimum Gasteiger partial charge on any atom is -0.392 e. The van der Waals surface area contributed by atoms with Crippen molar-refractivity contribution in [3.05, 3.63) is 27.2 Å². The zero-order valence-electron chi connectivity index (χ0n) is 9.37. The SMILES string of the molecule is Cc1cc(Br)c(S(=O)(=O)NC[C@@H](C)O)cc1Cl. The molecule has 4 nitrogen and oxygen atoms in total. The highest BCUT2D eigenvalue weighted by molar-refractivity contribution is 9.10. The molecule has 1 atom stereocenters. The lowest BCUT2D eigenvalue weighted by atomic mass is 10.2. The summed E-state index contributed by atoms with van der Waals surface area (Å²) in [5, 5.41) is 9.45. The fourth-order valence-electron chi connectivity index (χ4n) is 1.14. The number of rotatable bonds is 4. The van der Waals surface area contributed by atoms with Gasteiger partial charge in [0.2, 0.25) is 10.0 Å². The average Bonchev–Trinajstić information content (AvgIpc) is 2.20. The summed E-state index contributed by atoms with van der Waals surface area (Å²) < 4.78 is 26.6. The minimum absolute atomic E-state index is 0.0414. The van der Waals surface area contributed by atoms with E-state index in [4.69, 9.17) is 16.7 Å². The second-order valence-corrected chi connectivity index (χ2v) is 6.73. The highest BCUT2D eigenvalue weighted by atomic mass is 79.9. The molecule has 1 rings (SSSR count). The summed E-state index contributed by atoms with van der Waals surface area (Å²) in [4.78, 5) is 0.0637. The molecule has 0 aromatic heterocycles. The van der Waals surface area contributed by atoms with E-state index in [9.17, 15) is 8.42 Å². The fourth-order valence-corrected chi connectivity index (χ4v) is 3.67. The number of nitrogens with one attached hydrogen (secondary N) is 1. The molecule has 0 saturated carbocycles. The maximum atomic E-state index is 11.9. The van der Waals surface area contributed by atoms with Gasteiger partial charge in [-0.15, -0.1) is 0 Å². The molecular weight excluding hydrogens is 330 g/mol. The molecule has 0 heterocycles. The molecule has 1 aromatic rings. The Kier molecular flexibility index (Phi) is 4.97. The van der Waals surface area contributed by atoms with E-state index in [0.29, 0.717) is 9.50 Å². The first-order valence-electron chi connectivity index (χ1n) is 4.87. The fraction of sp³-hybridized carbons (Fsp3) is 0.400. The molecule has 0 aliphatic heterocycles. The normalized spacial score (nSPS) is 13.7. The lowest BCUT2D eigenvalue weighted by Crippen LogP contribution is -2.30. The Hall–Kier alpha value is -0.140. The summed E-state index contributed by atoms with van der Waals surface area (Å²) in [6, 6.07) is 3.02. The standard InChI is InChI=1S/C10H13BrClNO3S/c1-6-3-8(11)10(4-9(6)12)17(15,16)13-5-7(2)14/h3-4,7,13-14H,5H2,1-2H3/t7-/m1/s1. The summed E-state index contributed by atoms with van der Waals surface area (Å²) in [6.45, 7) is 3.24. The Morgan fingerprint density at radius 3 is 2.65 bits per heavy atom. The number of hydrogen-bond donors (Lipinski definition) is 2. The molecule has 0 aliphatic rings. The van der Waals surface area contributed by atoms with E-state index in [1.807, 2.05) is 0 Å². The van der Waals surface area contributed by atoms with Gasteiger partial charge in [-0.05, 0) is 47.5 Å². The van der Waals surface area contributed by atoms with Crippen molar-refractivity contribution in [3.8, 4) is 0 Å². The second kappa shape index (κ2) is 5.67. The maximum absolute atomic E-state index is 11.9. The molecule has 2 N–H and O–H groups in total. The Morgan fingerprint density at radius 1 is 1.53 bits per heavy atom. The van der Waals surface area contributed by atoms with E-state index in [1.165, 1.54) is 13.0 Å². The first kappa shape index (κ1) is 14.9. The molecule has 96 valence electrons. The molecule has 0 radical (unpaired) electrons. The van der Waals surface area contributed by atoms with Crippen molar-refractivity contribution in [2.45, 2.75) is 24.8 Å². The number of aryl methyl sites for hydroxylation is 1. The zero-order valence-corrected chi connectivity index (χ0v) is 12.5. The highest BCUT2D eigenvalue weighted by Crippen LogP contribution is 2.28. The number of benzene rings is 1. The van der Waals surface area contributed by atoms with Crippen molar-refractivity contribution in [3.63, 3.8) is 0 Å². The van der Waals surface area contributed by atoms with Gasteiger partial charge in [-0.3, -0.25) is 0 Å². The van der Waals surface area contributed by atoms with Crippen molar-refractivity contribution in [1.82, 2.24) is 4.72 Å². The quantitative estimate of drug-likeness (QED) is 0.880. The average molecular weight is 343 g/mol. The summed E-state index contributed by atoms with van der Waals surface area (Å²) in [7, 11) is -3.67. The predicted molar refractivity (Wildman–Crippen MR) is 70.8 cm³/mol. The highest BCUT2D eigenvalue weighted by Gasteiger charge is 2.19. The number of aliphatic hydroxyl groups is 1. The van der Waals surface area contributed by atoms with E-state index in [2.05, 4.69) is 20.7 Å². The van der Waals surface area contributed by atoms with Crippen LogP contribution in [0.5, 0.6) is 0 Å². The molecule has 17 heavy (non-hydrogen) atoms. The van der Waals surface area contributed by atoms with Gasteiger partial charge in [-0.2, -0.15) is 0 Å². The van der Waals surface area contributed by atoms with Gasteiger partial charge < -0.3 is 5.11 Å². The van der Waals surface area contributed by atoms with Crippen LogP contribution in [-0.4, -0.2) is 26.2 Å². The van der Waals surface area contributed by atoms with E-state index >= 15 is 0 Å². The third-order valence-corrected chi connectivity index (χ3v) is 4.86. The Bertz CT molecular complexity index is 517. The molecule has 0 fully saturated rings. The van der Waals surface area contributed by atoms with Gasteiger partial charge in [0.05, 0.1) is 11.0 Å². The molecule has 7 heteroatoms. The van der Waals surface area contributed by atoms with Crippen LogP contribution in [0.15, 0.2) is 21.5 Å². The topological polar surface area (TPSA) is 66.4 Å². The number of hydrogen-bond acceptors (Lipinski definition) is 3. The summed E-state index contributed by atoms with van der Waals surface area (Å²) in [5.41, 5.74) is 0.785. The molecule has 0 aliphatic carbocycles. The van der Waals surface area contributed by atoms with Gasteiger partial charge in [0.1, 0.15) is 0 Å². The van der Waals surface area contributed by atoms with Gasteiger partial charge in [0.25, 0.3) is 0 Å². The van der Waals surface area contributed by atoms with E-state index in [-0.39, 0.29) is 11.4 Å². The smallest absolute Gasteiger partial charge is 0.241 e. The van der Waals surface area contributed by atoms with Gasteiger partial charge in [-0.1, -0.05) is 11.6 Å². The number of aliphatic hydroxyl groups excluding tert-OH is 1. The number of halogens is 2. The summed E-state index contributed by atoms with van der Waals surface area (Å²) in [6.07, 6.45) is -0.746. The van der Waals surface area contributed by atoms with Gasteiger partial charge in [0.15, 0.2) is 0 Å². The molecule has 0 spiro atoms. The van der Waals surface area contributed by atoms with Crippen LogP contribution in [0.25, 0.3) is 0 Å². The third-order valence-electron chi connectivity index (χ3n) is 2.07. The molecule has 0 saturated heterocycles. The molecule has 0 bridgehead atoms. The van der Waals surface area contributed by atoms with Crippen LogP contribution in [0.1, 0.15) is 12.5 Å². The Labute approximate surface area is 114 Å². The molecular formula is C10H13BrClNO3S. The van der Waals surface area contributed by atoms with Crippen LogP contribution in [0.3, 0.4) is 0 Å². The lowest BCUT2D eigenvalue weighted by molar-refractivity contribution is 0.198. The van der Waals surface area contributed by atoms with Crippen LogP contribution in [0, 0.1) is 6.92 Å². The van der Waals surface area contributed by atoms with Crippen molar-refractivity contribution in [2.24, 2.45) is 0 Å². The van der Waals surface area contributed by atoms with Crippen LogP contribution < -0.4 is 4.72 Å². The summed E-state index contributed by atoms with van der Waals surface area (Å²) in [5.74, 6) is 0. The maximum Gasteiger partial charge on any atom is 0.241 e.